The van der Waals surface area contributed by atoms with Gasteiger partial charge in [0.15, 0.2) is 5.82 Å². The Morgan fingerprint density at radius 1 is 1.43 bits per heavy atom. The van der Waals surface area contributed by atoms with Gasteiger partial charge >= 0.3 is 0 Å². The van der Waals surface area contributed by atoms with Crippen LogP contribution in [0.15, 0.2) is 41.1 Å². The normalized spacial score (nSPS) is 17.3. The van der Waals surface area contributed by atoms with E-state index in [1.165, 1.54) is 6.26 Å². The summed E-state index contributed by atoms with van der Waals surface area (Å²) in [5, 5.41) is 6.31. The molecule has 2 aromatic rings. The molecule has 0 saturated carbocycles. The molecular weight excluding hydrogens is 298 g/mol. The van der Waals surface area contributed by atoms with Crippen molar-refractivity contribution in [3.05, 3.63) is 42.2 Å². The lowest BCUT2D eigenvalue weighted by Gasteiger charge is -2.24. The average Bonchev–Trinajstić information content (AvgIpc) is 3.18. The number of carbonyl (C=O) groups excluding carboxylic acids is 2. The molecule has 1 aromatic carbocycles. The summed E-state index contributed by atoms with van der Waals surface area (Å²) in [5.74, 6) is 0.727. The van der Waals surface area contributed by atoms with Gasteiger partial charge in [-0.2, -0.15) is 0 Å². The van der Waals surface area contributed by atoms with Crippen molar-refractivity contribution in [3.8, 4) is 5.75 Å². The third kappa shape index (κ3) is 3.18. The number of amides is 2. The molecule has 7 nitrogen and oxygen atoms in total. The number of hydrogen-bond acceptors (Lipinski definition) is 5. The molecule has 0 radical (unpaired) electrons. The van der Waals surface area contributed by atoms with E-state index in [-0.39, 0.29) is 11.8 Å². The van der Waals surface area contributed by atoms with Gasteiger partial charge in [0.05, 0.1) is 13.7 Å². The molecule has 0 bridgehead atoms. The Morgan fingerprint density at radius 3 is 3.00 bits per heavy atom. The van der Waals surface area contributed by atoms with E-state index < -0.39 is 6.04 Å². The van der Waals surface area contributed by atoms with Gasteiger partial charge in [-0.1, -0.05) is 23.4 Å². The van der Waals surface area contributed by atoms with Crippen LogP contribution in [0.1, 0.15) is 18.4 Å². The highest BCUT2D eigenvalue weighted by atomic mass is 16.5. The maximum Gasteiger partial charge on any atom is 0.248 e. The zero-order valence-corrected chi connectivity index (χ0v) is 12.7. The van der Waals surface area contributed by atoms with Crippen LogP contribution < -0.4 is 10.1 Å². The Morgan fingerprint density at radius 2 is 2.26 bits per heavy atom. The van der Waals surface area contributed by atoms with E-state index in [4.69, 9.17) is 9.26 Å². The van der Waals surface area contributed by atoms with Crippen LogP contribution in [-0.2, 0) is 16.1 Å². The molecule has 2 amide bonds. The fourth-order valence-corrected chi connectivity index (χ4v) is 2.71. The SMILES string of the molecule is COc1ccccc1CN1C(=O)CCC1C(=O)Nc1ccon1. The highest BCUT2D eigenvalue weighted by Gasteiger charge is 2.36. The number of ether oxygens (including phenoxy) is 1. The molecule has 1 atom stereocenters. The Labute approximate surface area is 133 Å². The number of aromatic nitrogens is 1. The molecule has 1 fully saturated rings. The first-order valence-corrected chi connectivity index (χ1v) is 7.31. The zero-order chi connectivity index (χ0) is 16.2. The van der Waals surface area contributed by atoms with Crippen LogP contribution in [0, 0.1) is 0 Å². The lowest BCUT2D eigenvalue weighted by atomic mass is 10.1. The number of para-hydroxylation sites is 1. The molecule has 2 heterocycles. The highest BCUT2D eigenvalue weighted by molar-refractivity contribution is 5.98. The van der Waals surface area contributed by atoms with Gasteiger partial charge < -0.3 is 19.5 Å². The van der Waals surface area contributed by atoms with Crippen molar-refractivity contribution in [1.29, 1.82) is 0 Å². The number of rotatable bonds is 5. The van der Waals surface area contributed by atoms with Crippen molar-refractivity contribution in [2.45, 2.75) is 25.4 Å². The Kier molecular flexibility index (Phi) is 4.27. The Balaban J connectivity index is 1.76. The zero-order valence-electron chi connectivity index (χ0n) is 12.7. The molecule has 7 heteroatoms. The number of likely N-dealkylation sites (tertiary alicyclic amines) is 1. The van der Waals surface area contributed by atoms with Crippen molar-refractivity contribution in [2.75, 3.05) is 12.4 Å². The molecule has 1 aliphatic heterocycles. The number of hydrogen-bond donors (Lipinski definition) is 1. The topological polar surface area (TPSA) is 84.7 Å². The lowest BCUT2D eigenvalue weighted by molar-refractivity contribution is -0.133. The highest BCUT2D eigenvalue weighted by Crippen LogP contribution is 2.26. The van der Waals surface area contributed by atoms with E-state index in [0.29, 0.717) is 31.0 Å². The number of carbonyl (C=O) groups is 2. The van der Waals surface area contributed by atoms with E-state index >= 15 is 0 Å². The Hall–Kier alpha value is -2.83. The summed E-state index contributed by atoms with van der Waals surface area (Å²) < 4.78 is 10.0. The van der Waals surface area contributed by atoms with Crippen LogP contribution in [0.2, 0.25) is 0 Å². The van der Waals surface area contributed by atoms with E-state index in [0.717, 1.165) is 5.56 Å². The number of nitrogens with one attached hydrogen (secondary N) is 1. The molecule has 0 aliphatic carbocycles. The van der Waals surface area contributed by atoms with E-state index in [9.17, 15) is 9.59 Å². The van der Waals surface area contributed by atoms with Crippen molar-refractivity contribution >= 4 is 17.6 Å². The molecule has 1 N–H and O–H groups in total. The first-order chi connectivity index (χ1) is 11.2. The molecule has 1 aliphatic rings. The fourth-order valence-electron chi connectivity index (χ4n) is 2.71. The second kappa shape index (κ2) is 6.51. The van der Waals surface area contributed by atoms with Gasteiger partial charge in [-0.3, -0.25) is 9.59 Å². The standard InChI is InChI=1S/C16H17N3O4/c1-22-13-5-3-2-4-11(13)10-19-12(6-7-15(19)20)16(21)17-14-8-9-23-18-14/h2-5,8-9,12H,6-7,10H2,1H3,(H,17,18,21). The summed E-state index contributed by atoms with van der Waals surface area (Å²) in [7, 11) is 1.58. The summed E-state index contributed by atoms with van der Waals surface area (Å²) in [6, 6.07) is 8.49. The third-order valence-electron chi connectivity index (χ3n) is 3.85. The summed E-state index contributed by atoms with van der Waals surface area (Å²) in [5.41, 5.74) is 0.865. The maximum absolute atomic E-state index is 12.4. The van der Waals surface area contributed by atoms with Crippen LogP contribution >= 0.6 is 0 Å². The molecule has 23 heavy (non-hydrogen) atoms. The summed E-state index contributed by atoms with van der Waals surface area (Å²) in [4.78, 5) is 26.1. The second-order valence-electron chi connectivity index (χ2n) is 5.26. The fraction of sp³-hybridized carbons (Fsp3) is 0.312. The monoisotopic (exact) mass is 315 g/mol. The van der Waals surface area contributed by atoms with Crippen LogP contribution in [0.3, 0.4) is 0 Å². The van der Waals surface area contributed by atoms with Crippen molar-refractivity contribution in [3.63, 3.8) is 0 Å². The molecule has 1 unspecified atom stereocenters. The van der Waals surface area contributed by atoms with Gasteiger partial charge in [0.25, 0.3) is 0 Å². The Bertz CT molecular complexity index is 699. The van der Waals surface area contributed by atoms with Gasteiger partial charge in [-0.25, -0.2) is 0 Å². The van der Waals surface area contributed by atoms with Gasteiger partial charge in [0, 0.05) is 18.1 Å². The minimum atomic E-state index is -0.524. The molecule has 3 rings (SSSR count). The van der Waals surface area contributed by atoms with Gasteiger partial charge in [-0.05, 0) is 12.5 Å². The minimum absolute atomic E-state index is 0.0452. The first-order valence-electron chi connectivity index (χ1n) is 7.31. The van der Waals surface area contributed by atoms with Crippen molar-refractivity contribution in [1.82, 2.24) is 10.1 Å². The van der Waals surface area contributed by atoms with E-state index in [2.05, 4.69) is 10.5 Å². The molecule has 1 saturated heterocycles. The summed E-state index contributed by atoms with van der Waals surface area (Å²) in [6.45, 7) is 0.333. The van der Waals surface area contributed by atoms with Crippen LogP contribution in [0.25, 0.3) is 0 Å². The minimum Gasteiger partial charge on any atom is -0.496 e. The van der Waals surface area contributed by atoms with E-state index in [1.54, 1.807) is 18.1 Å². The van der Waals surface area contributed by atoms with Crippen LogP contribution in [0.5, 0.6) is 5.75 Å². The molecular formula is C16H17N3O4. The van der Waals surface area contributed by atoms with Crippen LogP contribution in [0.4, 0.5) is 5.82 Å². The third-order valence-corrected chi connectivity index (χ3v) is 3.85. The summed E-state index contributed by atoms with van der Waals surface area (Å²) >= 11 is 0. The lowest BCUT2D eigenvalue weighted by Crippen LogP contribution is -2.41. The number of nitrogens with zero attached hydrogens (tertiary/aromatic N) is 2. The molecule has 1 aromatic heterocycles. The van der Waals surface area contributed by atoms with Crippen molar-refractivity contribution in [2.24, 2.45) is 0 Å². The number of benzene rings is 1. The predicted octanol–water partition coefficient (Wildman–Crippen LogP) is 1.81. The van der Waals surface area contributed by atoms with Crippen LogP contribution in [-0.4, -0.2) is 35.0 Å². The predicted molar refractivity (Wildman–Crippen MR) is 81.7 cm³/mol. The van der Waals surface area contributed by atoms with E-state index in [1.807, 2.05) is 24.3 Å². The molecule has 0 spiro atoms. The van der Waals surface area contributed by atoms with Gasteiger partial charge in [0.2, 0.25) is 11.8 Å². The maximum atomic E-state index is 12.4. The van der Waals surface area contributed by atoms with Gasteiger partial charge in [0.1, 0.15) is 18.1 Å². The number of anilines is 1. The molecule has 120 valence electrons. The first kappa shape index (κ1) is 15.1. The van der Waals surface area contributed by atoms with Crippen molar-refractivity contribution < 1.29 is 18.8 Å². The van der Waals surface area contributed by atoms with Gasteiger partial charge in [-0.15, -0.1) is 0 Å². The quantitative estimate of drug-likeness (QED) is 0.909. The smallest absolute Gasteiger partial charge is 0.248 e. The largest absolute Gasteiger partial charge is 0.496 e. The number of methoxy groups -OCH3 is 1. The average molecular weight is 315 g/mol. The summed E-state index contributed by atoms with van der Waals surface area (Å²) in [6.07, 6.45) is 2.21. The second-order valence-corrected chi connectivity index (χ2v) is 5.26.